The number of aryl methyl sites for hydroxylation is 2. The summed E-state index contributed by atoms with van der Waals surface area (Å²) in [5.74, 6) is 0.490. The van der Waals surface area contributed by atoms with Gasteiger partial charge in [-0.2, -0.15) is 0 Å². The van der Waals surface area contributed by atoms with E-state index in [1.807, 2.05) is 32.9 Å². The van der Waals surface area contributed by atoms with Crippen LogP contribution < -0.4 is 10.1 Å². The molecule has 0 aliphatic heterocycles. The number of ketones is 1. The summed E-state index contributed by atoms with van der Waals surface area (Å²) >= 11 is 0. The van der Waals surface area contributed by atoms with Crippen molar-refractivity contribution in [2.45, 2.75) is 34.1 Å². The molecule has 0 fully saturated rings. The van der Waals surface area contributed by atoms with Crippen LogP contribution in [0.1, 0.15) is 51.5 Å². The molecule has 2 N–H and O–H groups in total. The van der Waals surface area contributed by atoms with Gasteiger partial charge in [0.15, 0.2) is 5.78 Å². The number of ether oxygens (including phenoxy) is 1. The fraction of sp³-hybridized carbons (Fsp3) is 0.333. The molecule has 0 saturated carbocycles. The van der Waals surface area contributed by atoms with Gasteiger partial charge in [-0.3, -0.25) is 9.59 Å². The van der Waals surface area contributed by atoms with E-state index in [4.69, 9.17) is 4.74 Å². The molecule has 5 heteroatoms. The van der Waals surface area contributed by atoms with Gasteiger partial charge in [0.1, 0.15) is 11.4 Å². The van der Waals surface area contributed by atoms with Crippen molar-refractivity contribution in [3.8, 4) is 5.75 Å². The van der Waals surface area contributed by atoms with Crippen molar-refractivity contribution in [2.24, 2.45) is 0 Å². The van der Waals surface area contributed by atoms with E-state index in [1.54, 1.807) is 13.2 Å². The molecule has 5 nitrogen and oxygen atoms in total. The van der Waals surface area contributed by atoms with E-state index in [0.717, 1.165) is 22.6 Å². The van der Waals surface area contributed by atoms with Crippen LogP contribution in [-0.4, -0.2) is 23.8 Å². The Labute approximate surface area is 136 Å². The zero-order valence-corrected chi connectivity index (χ0v) is 14.2. The second kappa shape index (κ2) is 6.69. The first-order valence-electron chi connectivity index (χ1n) is 7.57. The molecule has 23 heavy (non-hydrogen) atoms. The van der Waals surface area contributed by atoms with Crippen molar-refractivity contribution >= 4 is 17.4 Å². The van der Waals surface area contributed by atoms with Gasteiger partial charge in [0, 0.05) is 16.9 Å². The van der Waals surface area contributed by atoms with Crippen molar-refractivity contribution < 1.29 is 14.3 Å². The average molecular weight is 314 g/mol. The number of Topliss-reactive ketones (excluding diaryl/α,β-unsaturated/α-hetero) is 1. The Morgan fingerprint density at radius 3 is 2.48 bits per heavy atom. The molecular formula is C18H22N2O3. The second-order valence-electron chi connectivity index (χ2n) is 5.53. The van der Waals surface area contributed by atoms with Gasteiger partial charge in [-0.1, -0.05) is 6.92 Å². The van der Waals surface area contributed by atoms with Crippen molar-refractivity contribution in [1.82, 2.24) is 4.98 Å². The number of benzene rings is 1. The standard InChI is InChI=1S/C18H22N2O3/c1-6-14-16(12(4)21)11(3)19-17(14)18(22)20-13-7-8-15(23-5)10(2)9-13/h7-9,19H,6H2,1-5H3,(H,20,22). The Kier molecular flexibility index (Phi) is 4.89. The summed E-state index contributed by atoms with van der Waals surface area (Å²) in [4.78, 5) is 27.4. The Balaban J connectivity index is 2.33. The minimum atomic E-state index is -0.248. The topological polar surface area (TPSA) is 71.2 Å². The normalized spacial score (nSPS) is 10.5. The summed E-state index contributed by atoms with van der Waals surface area (Å²) in [6.45, 7) is 7.18. The molecule has 0 bridgehead atoms. The Morgan fingerprint density at radius 1 is 1.26 bits per heavy atom. The highest BCUT2D eigenvalue weighted by Gasteiger charge is 2.21. The maximum absolute atomic E-state index is 12.6. The van der Waals surface area contributed by atoms with Gasteiger partial charge in [-0.15, -0.1) is 0 Å². The molecule has 0 aliphatic rings. The van der Waals surface area contributed by atoms with Crippen LogP contribution >= 0.6 is 0 Å². The molecule has 1 amide bonds. The Bertz CT molecular complexity index is 760. The third kappa shape index (κ3) is 3.28. The van der Waals surface area contributed by atoms with E-state index >= 15 is 0 Å². The van der Waals surface area contributed by atoms with Crippen molar-refractivity contribution in [3.63, 3.8) is 0 Å². The van der Waals surface area contributed by atoms with E-state index in [9.17, 15) is 9.59 Å². The number of hydrogen-bond acceptors (Lipinski definition) is 3. The lowest BCUT2D eigenvalue weighted by molar-refractivity contribution is 0.101. The summed E-state index contributed by atoms with van der Waals surface area (Å²) in [6, 6.07) is 5.45. The smallest absolute Gasteiger partial charge is 0.272 e. The highest BCUT2D eigenvalue weighted by Crippen LogP contribution is 2.24. The maximum atomic E-state index is 12.6. The SMILES string of the molecule is CCc1c(C(=O)Nc2ccc(OC)c(C)c2)[nH]c(C)c1C(C)=O. The third-order valence-corrected chi connectivity index (χ3v) is 3.88. The number of hydrogen-bond donors (Lipinski definition) is 2. The fourth-order valence-corrected chi connectivity index (χ4v) is 2.85. The van der Waals surface area contributed by atoms with Gasteiger partial charge in [0.25, 0.3) is 5.91 Å². The fourth-order valence-electron chi connectivity index (χ4n) is 2.85. The Hall–Kier alpha value is -2.56. The monoisotopic (exact) mass is 314 g/mol. The lowest BCUT2D eigenvalue weighted by Gasteiger charge is -2.09. The summed E-state index contributed by atoms with van der Waals surface area (Å²) in [6.07, 6.45) is 0.615. The molecule has 0 aliphatic carbocycles. The predicted octanol–water partition coefficient (Wildman–Crippen LogP) is 3.66. The predicted molar refractivity (Wildman–Crippen MR) is 90.6 cm³/mol. The molecular weight excluding hydrogens is 292 g/mol. The van der Waals surface area contributed by atoms with Crippen molar-refractivity contribution in [1.29, 1.82) is 0 Å². The number of nitrogens with one attached hydrogen (secondary N) is 2. The van der Waals surface area contributed by atoms with Gasteiger partial charge < -0.3 is 15.0 Å². The minimum absolute atomic E-state index is 0.0325. The van der Waals surface area contributed by atoms with E-state index in [-0.39, 0.29) is 11.7 Å². The largest absolute Gasteiger partial charge is 0.496 e. The number of aromatic amines is 1. The quantitative estimate of drug-likeness (QED) is 0.827. The van der Waals surface area contributed by atoms with E-state index in [0.29, 0.717) is 23.4 Å². The van der Waals surface area contributed by atoms with Crippen LogP contribution in [0.5, 0.6) is 5.75 Å². The number of anilines is 1. The van der Waals surface area contributed by atoms with E-state index in [2.05, 4.69) is 10.3 Å². The highest BCUT2D eigenvalue weighted by molar-refractivity contribution is 6.07. The first kappa shape index (κ1) is 16.8. The van der Waals surface area contributed by atoms with Crippen LogP contribution in [0.15, 0.2) is 18.2 Å². The van der Waals surface area contributed by atoms with Crippen LogP contribution in [0.2, 0.25) is 0 Å². The summed E-state index contributed by atoms with van der Waals surface area (Å²) in [5, 5.41) is 2.87. The first-order valence-corrected chi connectivity index (χ1v) is 7.57. The molecule has 0 saturated heterocycles. The number of carbonyl (C=O) groups excluding carboxylic acids is 2. The van der Waals surface area contributed by atoms with Crippen molar-refractivity contribution in [2.75, 3.05) is 12.4 Å². The molecule has 1 heterocycles. The van der Waals surface area contributed by atoms with E-state index < -0.39 is 0 Å². The van der Waals surface area contributed by atoms with Gasteiger partial charge in [0.2, 0.25) is 0 Å². The van der Waals surface area contributed by atoms with Gasteiger partial charge in [-0.05, 0) is 56.5 Å². The van der Waals surface area contributed by atoms with Gasteiger partial charge >= 0.3 is 0 Å². The van der Waals surface area contributed by atoms with Crippen molar-refractivity contribution in [3.05, 3.63) is 46.3 Å². The first-order chi connectivity index (χ1) is 10.9. The molecule has 0 radical (unpaired) electrons. The minimum Gasteiger partial charge on any atom is -0.496 e. The van der Waals surface area contributed by atoms with Gasteiger partial charge in [-0.25, -0.2) is 0 Å². The number of H-pyrrole nitrogens is 1. The summed E-state index contributed by atoms with van der Waals surface area (Å²) < 4.78 is 5.22. The molecule has 2 aromatic rings. The zero-order valence-electron chi connectivity index (χ0n) is 14.2. The molecule has 0 atom stereocenters. The molecule has 2 rings (SSSR count). The zero-order chi connectivity index (χ0) is 17.1. The number of aromatic nitrogens is 1. The second-order valence-corrected chi connectivity index (χ2v) is 5.53. The average Bonchev–Trinajstić information content (AvgIpc) is 2.84. The summed E-state index contributed by atoms with van der Waals surface area (Å²) in [7, 11) is 1.61. The van der Waals surface area contributed by atoms with Crippen LogP contribution in [0, 0.1) is 13.8 Å². The molecule has 1 aromatic heterocycles. The number of methoxy groups -OCH3 is 1. The highest BCUT2D eigenvalue weighted by atomic mass is 16.5. The van der Waals surface area contributed by atoms with Crippen LogP contribution in [-0.2, 0) is 6.42 Å². The number of rotatable bonds is 5. The van der Waals surface area contributed by atoms with Crippen LogP contribution in [0.4, 0.5) is 5.69 Å². The van der Waals surface area contributed by atoms with Crippen LogP contribution in [0.25, 0.3) is 0 Å². The lowest BCUT2D eigenvalue weighted by Crippen LogP contribution is -2.15. The number of amides is 1. The van der Waals surface area contributed by atoms with Gasteiger partial charge in [0.05, 0.1) is 7.11 Å². The number of carbonyl (C=O) groups is 2. The van der Waals surface area contributed by atoms with E-state index in [1.165, 1.54) is 6.92 Å². The van der Waals surface area contributed by atoms with Crippen LogP contribution in [0.3, 0.4) is 0 Å². The maximum Gasteiger partial charge on any atom is 0.272 e. The Morgan fingerprint density at radius 2 is 1.96 bits per heavy atom. The third-order valence-electron chi connectivity index (χ3n) is 3.88. The lowest BCUT2D eigenvalue weighted by atomic mass is 10.0. The molecule has 0 unspecified atom stereocenters. The molecule has 1 aromatic carbocycles. The molecule has 0 spiro atoms. The summed E-state index contributed by atoms with van der Waals surface area (Å²) in [5.41, 5.74) is 4.18. The molecule has 122 valence electrons.